The smallest absolute Gasteiger partial charge is 0.225 e. The van der Waals surface area contributed by atoms with Crippen molar-refractivity contribution in [3.63, 3.8) is 0 Å². The first kappa shape index (κ1) is 23.3. The molecule has 8 heteroatoms. The summed E-state index contributed by atoms with van der Waals surface area (Å²) in [4.78, 5) is 20.7. The molecule has 1 saturated carbocycles. The van der Waals surface area contributed by atoms with Crippen molar-refractivity contribution in [1.29, 1.82) is 0 Å². The molecular weight excluding hydrogens is 505 g/mol. The fraction of sp³-hybridized carbons (Fsp3) is 0.435. The highest BCUT2D eigenvalue weighted by Gasteiger charge is 2.24. The van der Waals surface area contributed by atoms with Crippen LogP contribution in [0.2, 0.25) is 0 Å². The number of hydrogen-bond donors (Lipinski definition) is 3. The predicted octanol–water partition coefficient (Wildman–Crippen LogP) is 3.81. The number of rotatable bonds is 6. The summed E-state index contributed by atoms with van der Waals surface area (Å²) in [6, 6.07) is 11.9. The van der Waals surface area contributed by atoms with E-state index in [2.05, 4.69) is 32.0 Å². The van der Waals surface area contributed by atoms with Gasteiger partial charge in [0, 0.05) is 50.4 Å². The van der Waals surface area contributed by atoms with Gasteiger partial charge >= 0.3 is 0 Å². The maximum absolute atomic E-state index is 12.0. The predicted molar refractivity (Wildman–Crippen MR) is 133 cm³/mol. The van der Waals surface area contributed by atoms with Crippen molar-refractivity contribution in [2.75, 3.05) is 18.9 Å². The van der Waals surface area contributed by atoms with Crippen LogP contribution < -0.4 is 20.7 Å². The van der Waals surface area contributed by atoms with Crippen LogP contribution >= 0.6 is 24.0 Å². The Kier molecular flexibility index (Phi) is 8.51. The van der Waals surface area contributed by atoms with Gasteiger partial charge in [0.25, 0.3) is 0 Å². The van der Waals surface area contributed by atoms with Crippen LogP contribution in [0.4, 0.5) is 5.69 Å². The number of anilines is 1. The van der Waals surface area contributed by atoms with E-state index in [9.17, 15) is 4.79 Å². The molecule has 1 unspecified atom stereocenters. The molecule has 1 atom stereocenters. The molecule has 1 aromatic carbocycles. The van der Waals surface area contributed by atoms with Gasteiger partial charge in [0.05, 0.1) is 0 Å². The van der Waals surface area contributed by atoms with Gasteiger partial charge in [0.15, 0.2) is 5.96 Å². The number of para-hydroxylation sites is 1. The number of carbonyl (C=O) groups excluding carboxylic acids is 1. The molecule has 7 nitrogen and oxygen atoms in total. The zero-order valence-corrected chi connectivity index (χ0v) is 20.1. The molecule has 2 heterocycles. The van der Waals surface area contributed by atoms with E-state index in [1.54, 1.807) is 13.2 Å². The molecule has 0 saturated heterocycles. The second-order valence-electron chi connectivity index (χ2n) is 7.87. The fourth-order valence-corrected chi connectivity index (χ4v) is 4.11. The number of nitrogens with one attached hydrogen (secondary N) is 3. The minimum atomic E-state index is 0. The highest BCUT2D eigenvalue weighted by Crippen LogP contribution is 2.31. The number of ether oxygens (including phenoxy) is 1. The van der Waals surface area contributed by atoms with Gasteiger partial charge in [-0.15, -0.1) is 24.0 Å². The van der Waals surface area contributed by atoms with Crippen LogP contribution in [0, 0.1) is 0 Å². The minimum Gasteiger partial charge on any atom is -0.474 e. The maximum Gasteiger partial charge on any atom is 0.225 e. The van der Waals surface area contributed by atoms with Crippen LogP contribution in [0.25, 0.3) is 0 Å². The van der Waals surface area contributed by atoms with Crippen LogP contribution in [-0.2, 0) is 11.3 Å². The molecule has 1 aliphatic carbocycles. The van der Waals surface area contributed by atoms with Gasteiger partial charge in [-0.3, -0.25) is 9.79 Å². The normalized spacial score (nSPS) is 18.5. The number of guanidine groups is 1. The van der Waals surface area contributed by atoms with Crippen LogP contribution in [-0.4, -0.2) is 36.5 Å². The molecule has 0 radical (unpaired) electrons. The Morgan fingerprint density at radius 2 is 2.03 bits per heavy atom. The largest absolute Gasteiger partial charge is 0.474 e. The van der Waals surface area contributed by atoms with E-state index in [0.29, 0.717) is 37.5 Å². The molecule has 1 fully saturated rings. The third kappa shape index (κ3) is 6.32. The number of aromatic nitrogens is 1. The topological polar surface area (TPSA) is 87.6 Å². The Morgan fingerprint density at radius 3 is 2.84 bits per heavy atom. The minimum absolute atomic E-state index is 0. The lowest BCUT2D eigenvalue weighted by molar-refractivity contribution is -0.116. The van der Waals surface area contributed by atoms with E-state index in [1.807, 2.05) is 30.3 Å². The van der Waals surface area contributed by atoms with E-state index in [1.165, 1.54) is 12.8 Å². The lowest BCUT2D eigenvalue weighted by Gasteiger charge is -2.26. The van der Waals surface area contributed by atoms with Gasteiger partial charge in [0.2, 0.25) is 11.8 Å². The summed E-state index contributed by atoms with van der Waals surface area (Å²) < 4.78 is 6.00. The Bertz CT molecular complexity index is 914. The Hall–Kier alpha value is -2.36. The quantitative estimate of drug-likeness (QED) is 0.298. The first-order valence-corrected chi connectivity index (χ1v) is 10.7. The zero-order valence-electron chi connectivity index (χ0n) is 17.8. The van der Waals surface area contributed by atoms with Gasteiger partial charge < -0.3 is 20.7 Å². The number of aliphatic imine (C=N–C) groups is 1. The standard InChI is InChI=1S/C23H29N5O2.HI/c1-24-23(27-15-17-13-21(29)28-20-9-5-4-8-19(17)20)26-14-16-10-11-25-22(12-16)30-18-6-2-3-7-18;/h4-5,8-12,17-18H,2-3,6-7,13-15H2,1H3,(H,28,29)(H2,24,26,27);1H. The van der Waals surface area contributed by atoms with Gasteiger partial charge in [0.1, 0.15) is 6.10 Å². The molecule has 2 aliphatic rings. The Morgan fingerprint density at radius 1 is 1.23 bits per heavy atom. The molecule has 166 valence electrons. The van der Waals surface area contributed by atoms with Crippen LogP contribution in [0.1, 0.15) is 49.1 Å². The summed E-state index contributed by atoms with van der Waals surface area (Å²) >= 11 is 0. The molecule has 0 bridgehead atoms. The average molecular weight is 535 g/mol. The van der Waals surface area contributed by atoms with E-state index in [-0.39, 0.29) is 35.8 Å². The van der Waals surface area contributed by atoms with Crippen LogP contribution in [0.5, 0.6) is 5.88 Å². The molecule has 1 aromatic heterocycles. The number of pyridine rings is 1. The summed E-state index contributed by atoms with van der Waals surface area (Å²) in [5.41, 5.74) is 3.14. The molecule has 3 N–H and O–H groups in total. The zero-order chi connectivity index (χ0) is 20.8. The third-order valence-corrected chi connectivity index (χ3v) is 5.69. The highest BCUT2D eigenvalue weighted by atomic mass is 127. The molecule has 1 aliphatic heterocycles. The van der Waals surface area contributed by atoms with Crippen molar-refractivity contribution in [3.8, 4) is 5.88 Å². The fourth-order valence-electron chi connectivity index (χ4n) is 4.11. The summed E-state index contributed by atoms with van der Waals surface area (Å²) in [6.07, 6.45) is 7.25. The van der Waals surface area contributed by atoms with Crippen LogP contribution in [0.3, 0.4) is 0 Å². The molecular formula is C23H30IN5O2. The average Bonchev–Trinajstić information content (AvgIpc) is 3.27. The summed E-state index contributed by atoms with van der Waals surface area (Å²) in [7, 11) is 1.75. The first-order chi connectivity index (χ1) is 14.7. The Balaban J connectivity index is 0.00000272. The van der Waals surface area contributed by atoms with Crippen molar-refractivity contribution in [2.24, 2.45) is 4.99 Å². The van der Waals surface area contributed by atoms with E-state index in [0.717, 1.165) is 29.7 Å². The van der Waals surface area contributed by atoms with E-state index >= 15 is 0 Å². The number of hydrogen-bond acceptors (Lipinski definition) is 4. The number of fused-ring (bicyclic) bond motifs is 1. The Labute approximate surface area is 200 Å². The lowest BCUT2D eigenvalue weighted by Crippen LogP contribution is -2.40. The number of benzene rings is 1. The molecule has 1 amide bonds. The number of nitrogens with zero attached hydrogens (tertiary/aromatic N) is 2. The molecule has 0 spiro atoms. The number of amides is 1. The van der Waals surface area contributed by atoms with Crippen molar-refractivity contribution < 1.29 is 9.53 Å². The summed E-state index contributed by atoms with van der Waals surface area (Å²) in [5.74, 6) is 1.55. The number of halogens is 1. The maximum atomic E-state index is 12.0. The SMILES string of the molecule is CN=C(NCc1ccnc(OC2CCCC2)c1)NCC1CC(=O)Nc2ccccc21.I. The first-order valence-electron chi connectivity index (χ1n) is 10.7. The van der Waals surface area contributed by atoms with Crippen molar-refractivity contribution in [1.82, 2.24) is 15.6 Å². The molecule has 2 aromatic rings. The molecule has 4 rings (SSSR count). The highest BCUT2D eigenvalue weighted by molar-refractivity contribution is 14.0. The van der Waals surface area contributed by atoms with Gasteiger partial charge in [-0.05, 0) is 48.9 Å². The van der Waals surface area contributed by atoms with Gasteiger partial charge in [-0.1, -0.05) is 18.2 Å². The van der Waals surface area contributed by atoms with Gasteiger partial charge in [-0.25, -0.2) is 4.98 Å². The second-order valence-corrected chi connectivity index (χ2v) is 7.87. The van der Waals surface area contributed by atoms with Crippen molar-refractivity contribution in [2.45, 2.75) is 50.7 Å². The van der Waals surface area contributed by atoms with Crippen molar-refractivity contribution in [3.05, 3.63) is 53.7 Å². The molecule has 31 heavy (non-hydrogen) atoms. The van der Waals surface area contributed by atoms with Crippen molar-refractivity contribution >= 4 is 41.5 Å². The lowest BCUT2D eigenvalue weighted by atomic mass is 9.90. The monoisotopic (exact) mass is 535 g/mol. The third-order valence-electron chi connectivity index (χ3n) is 5.69. The summed E-state index contributed by atoms with van der Waals surface area (Å²) in [6.45, 7) is 1.25. The number of carbonyl (C=O) groups is 1. The van der Waals surface area contributed by atoms with Crippen LogP contribution in [0.15, 0.2) is 47.6 Å². The second kappa shape index (κ2) is 11.3. The summed E-state index contributed by atoms with van der Waals surface area (Å²) in [5, 5.41) is 9.63. The van der Waals surface area contributed by atoms with E-state index in [4.69, 9.17) is 4.74 Å². The van der Waals surface area contributed by atoms with E-state index < -0.39 is 0 Å². The van der Waals surface area contributed by atoms with Gasteiger partial charge in [-0.2, -0.15) is 0 Å².